The lowest BCUT2D eigenvalue weighted by Gasteiger charge is -2.07. The largest absolute Gasteiger partial charge is 0.366 e. The Morgan fingerprint density at radius 2 is 1.93 bits per heavy atom. The van der Waals surface area contributed by atoms with Gasteiger partial charge in [0.2, 0.25) is 0 Å². The molecule has 0 aliphatic carbocycles. The number of nitrogens with two attached hydrogens (primary N) is 1. The fourth-order valence-corrected chi connectivity index (χ4v) is 1.71. The molecule has 4 heteroatoms. The standard InChI is InChI=1S/C11H14FN3/c1-7-14-10(6-13)11(15-7)8-2-4-9(12)5-3-8/h2-5,7,14-15H,6,13H2,1H3. The molecule has 0 radical (unpaired) electrons. The molecule has 0 bridgehead atoms. The molecule has 3 nitrogen and oxygen atoms in total. The van der Waals surface area contributed by atoms with Gasteiger partial charge in [0.1, 0.15) is 5.82 Å². The van der Waals surface area contributed by atoms with E-state index in [9.17, 15) is 4.39 Å². The van der Waals surface area contributed by atoms with E-state index >= 15 is 0 Å². The first-order valence-electron chi connectivity index (χ1n) is 4.93. The van der Waals surface area contributed by atoms with Crippen LogP contribution < -0.4 is 16.4 Å². The molecule has 80 valence electrons. The van der Waals surface area contributed by atoms with Crippen LogP contribution in [0.2, 0.25) is 0 Å². The van der Waals surface area contributed by atoms with E-state index < -0.39 is 0 Å². The second kappa shape index (κ2) is 3.90. The third kappa shape index (κ3) is 1.94. The predicted molar refractivity (Wildman–Crippen MR) is 58.1 cm³/mol. The third-order valence-corrected chi connectivity index (χ3v) is 2.39. The number of halogens is 1. The van der Waals surface area contributed by atoms with Crippen LogP contribution in [0.15, 0.2) is 30.0 Å². The monoisotopic (exact) mass is 207 g/mol. The molecule has 1 unspecified atom stereocenters. The van der Waals surface area contributed by atoms with Crippen LogP contribution in [0.25, 0.3) is 5.70 Å². The average molecular weight is 207 g/mol. The highest BCUT2D eigenvalue weighted by atomic mass is 19.1. The van der Waals surface area contributed by atoms with E-state index in [0.29, 0.717) is 6.54 Å². The Morgan fingerprint density at radius 1 is 1.27 bits per heavy atom. The zero-order chi connectivity index (χ0) is 10.8. The van der Waals surface area contributed by atoms with Crippen LogP contribution in [0, 0.1) is 5.82 Å². The van der Waals surface area contributed by atoms with Gasteiger partial charge in [-0.2, -0.15) is 0 Å². The van der Waals surface area contributed by atoms with Crippen LogP contribution in [0.1, 0.15) is 12.5 Å². The summed E-state index contributed by atoms with van der Waals surface area (Å²) < 4.78 is 12.8. The van der Waals surface area contributed by atoms with Crippen molar-refractivity contribution >= 4 is 5.70 Å². The SMILES string of the molecule is CC1NC(CN)=C(c2ccc(F)cc2)N1. The molecule has 1 aliphatic rings. The molecule has 0 fully saturated rings. The Hall–Kier alpha value is -1.55. The highest BCUT2D eigenvalue weighted by Gasteiger charge is 2.18. The van der Waals surface area contributed by atoms with Gasteiger partial charge in [0.05, 0.1) is 17.6 Å². The summed E-state index contributed by atoms with van der Waals surface area (Å²) in [5.74, 6) is -0.229. The van der Waals surface area contributed by atoms with Gasteiger partial charge in [-0.05, 0) is 36.8 Å². The minimum atomic E-state index is -0.229. The molecule has 1 aromatic rings. The lowest BCUT2D eigenvalue weighted by atomic mass is 10.1. The van der Waals surface area contributed by atoms with Crippen molar-refractivity contribution in [2.75, 3.05) is 6.54 Å². The van der Waals surface area contributed by atoms with Gasteiger partial charge < -0.3 is 16.4 Å². The van der Waals surface area contributed by atoms with Crippen LogP contribution in [-0.2, 0) is 0 Å². The fraction of sp³-hybridized carbons (Fsp3) is 0.273. The van der Waals surface area contributed by atoms with Crippen molar-refractivity contribution in [2.24, 2.45) is 5.73 Å². The zero-order valence-corrected chi connectivity index (χ0v) is 8.55. The zero-order valence-electron chi connectivity index (χ0n) is 8.55. The number of rotatable bonds is 2. The Morgan fingerprint density at radius 3 is 2.53 bits per heavy atom. The molecule has 2 rings (SSSR count). The van der Waals surface area contributed by atoms with E-state index in [1.807, 2.05) is 6.92 Å². The smallest absolute Gasteiger partial charge is 0.123 e. The maximum atomic E-state index is 12.8. The summed E-state index contributed by atoms with van der Waals surface area (Å²) in [5.41, 5.74) is 8.50. The number of benzene rings is 1. The molecule has 1 atom stereocenters. The van der Waals surface area contributed by atoms with Crippen LogP contribution in [0.3, 0.4) is 0 Å². The second-order valence-corrected chi connectivity index (χ2v) is 3.57. The van der Waals surface area contributed by atoms with Gasteiger partial charge >= 0.3 is 0 Å². The summed E-state index contributed by atoms with van der Waals surface area (Å²) in [5, 5.41) is 6.47. The first kappa shape index (κ1) is 9.98. The van der Waals surface area contributed by atoms with E-state index in [0.717, 1.165) is 17.0 Å². The van der Waals surface area contributed by atoms with Crippen molar-refractivity contribution in [2.45, 2.75) is 13.1 Å². The molecule has 1 aliphatic heterocycles. The van der Waals surface area contributed by atoms with Crippen LogP contribution in [-0.4, -0.2) is 12.7 Å². The fourth-order valence-electron chi connectivity index (χ4n) is 1.71. The Balaban J connectivity index is 2.33. The molecular weight excluding hydrogens is 193 g/mol. The molecule has 0 amide bonds. The molecule has 0 saturated heterocycles. The van der Waals surface area contributed by atoms with Gasteiger partial charge in [-0.15, -0.1) is 0 Å². The molecule has 0 saturated carbocycles. The summed E-state index contributed by atoms with van der Waals surface area (Å²) in [6, 6.07) is 6.38. The summed E-state index contributed by atoms with van der Waals surface area (Å²) >= 11 is 0. The van der Waals surface area contributed by atoms with Crippen LogP contribution in [0.5, 0.6) is 0 Å². The van der Waals surface area contributed by atoms with Crippen molar-refractivity contribution in [1.29, 1.82) is 0 Å². The van der Waals surface area contributed by atoms with Crippen LogP contribution in [0.4, 0.5) is 4.39 Å². The summed E-state index contributed by atoms with van der Waals surface area (Å²) in [6.07, 6.45) is 0.170. The summed E-state index contributed by atoms with van der Waals surface area (Å²) in [7, 11) is 0. The summed E-state index contributed by atoms with van der Waals surface area (Å²) in [6.45, 7) is 2.45. The van der Waals surface area contributed by atoms with E-state index in [4.69, 9.17) is 5.73 Å². The minimum absolute atomic E-state index is 0.170. The van der Waals surface area contributed by atoms with Gasteiger partial charge in [-0.25, -0.2) is 4.39 Å². The number of nitrogens with one attached hydrogen (secondary N) is 2. The van der Waals surface area contributed by atoms with Gasteiger partial charge in [0.15, 0.2) is 0 Å². The highest BCUT2D eigenvalue weighted by molar-refractivity contribution is 5.69. The van der Waals surface area contributed by atoms with Crippen molar-refractivity contribution < 1.29 is 4.39 Å². The van der Waals surface area contributed by atoms with Gasteiger partial charge in [0.25, 0.3) is 0 Å². The van der Waals surface area contributed by atoms with Gasteiger partial charge in [0, 0.05) is 6.54 Å². The lowest BCUT2D eigenvalue weighted by Crippen LogP contribution is -2.30. The maximum Gasteiger partial charge on any atom is 0.123 e. The van der Waals surface area contributed by atoms with E-state index in [1.165, 1.54) is 12.1 Å². The van der Waals surface area contributed by atoms with Crippen molar-refractivity contribution in [3.63, 3.8) is 0 Å². The van der Waals surface area contributed by atoms with E-state index in [-0.39, 0.29) is 12.0 Å². The minimum Gasteiger partial charge on any atom is -0.366 e. The topological polar surface area (TPSA) is 50.1 Å². The van der Waals surface area contributed by atoms with Gasteiger partial charge in [-0.1, -0.05) is 0 Å². The third-order valence-electron chi connectivity index (χ3n) is 2.39. The quantitative estimate of drug-likeness (QED) is 0.678. The Bertz CT molecular complexity index is 383. The number of hydrogen-bond acceptors (Lipinski definition) is 3. The second-order valence-electron chi connectivity index (χ2n) is 3.57. The molecule has 1 heterocycles. The van der Waals surface area contributed by atoms with Crippen molar-refractivity contribution in [1.82, 2.24) is 10.6 Å². The maximum absolute atomic E-state index is 12.8. The predicted octanol–water partition coefficient (Wildman–Crippen LogP) is 0.992. The molecule has 4 N–H and O–H groups in total. The number of hydrogen-bond donors (Lipinski definition) is 3. The van der Waals surface area contributed by atoms with E-state index in [1.54, 1.807) is 12.1 Å². The lowest BCUT2D eigenvalue weighted by molar-refractivity contribution is 0.612. The highest BCUT2D eigenvalue weighted by Crippen LogP contribution is 2.19. The summed E-state index contributed by atoms with van der Waals surface area (Å²) in [4.78, 5) is 0. The van der Waals surface area contributed by atoms with E-state index in [2.05, 4.69) is 10.6 Å². The Kier molecular flexibility index (Phi) is 2.60. The van der Waals surface area contributed by atoms with Crippen molar-refractivity contribution in [3.8, 4) is 0 Å². The molecular formula is C11H14FN3. The molecule has 0 aromatic heterocycles. The Labute approximate surface area is 88.2 Å². The first-order chi connectivity index (χ1) is 7.20. The molecule has 15 heavy (non-hydrogen) atoms. The molecule has 1 aromatic carbocycles. The average Bonchev–Trinajstić information content (AvgIpc) is 2.61. The molecule has 0 spiro atoms. The van der Waals surface area contributed by atoms with Crippen molar-refractivity contribution in [3.05, 3.63) is 41.3 Å². The van der Waals surface area contributed by atoms with Gasteiger partial charge in [-0.3, -0.25) is 0 Å². The normalized spacial score (nSPS) is 20.1. The first-order valence-corrected chi connectivity index (χ1v) is 4.93. The van der Waals surface area contributed by atoms with Crippen LogP contribution >= 0.6 is 0 Å².